The summed E-state index contributed by atoms with van der Waals surface area (Å²) in [6, 6.07) is 14.9. The first kappa shape index (κ1) is 29.1. The van der Waals surface area contributed by atoms with Gasteiger partial charge in [-0.1, -0.05) is 18.2 Å². The monoisotopic (exact) mass is 525 g/mol. The Morgan fingerprint density at radius 1 is 1.08 bits per heavy atom. The van der Waals surface area contributed by atoms with E-state index in [2.05, 4.69) is 22.6 Å². The van der Waals surface area contributed by atoms with Crippen LogP contribution < -0.4 is 27.2 Å². The lowest BCUT2D eigenvalue weighted by Crippen LogP contribution is -2.54. The minimum absolute atomic E-state index is 0.00529. The summed E-state index contributed by atoms with van der Waals surface area (Å²) in [7, 11) is 2.06. The van der Waals surface area contributed by atoms with Gasteiger partial charge in [-0.15, -0.1) is 0 Å². The Morgan fingerprint density at radius 3 is 2.29 bits per heavy atom. The van der Waals surface area contributed by atoms with E-state index < -0.39 is 6.04 Å². The van der Waals surface area contributed by atoms with Gasteiger partial charge in [0.1, 0.15) is 11.9 Å². The van der Waals surface area contributed by atoms with Gasteiger partial charge >= 0.3 is 0 Å². The van der Waals surface area contributed by atoms with Gasteiger partial charge in [0.05, 0.1) is 5.69 Å². The van der Waals surface area contributed by atoms with Crippen molar-refractivity contribution in [2.75, 3.05) is 44.8 Å². The molecule has 2 amide bonds. The molecule has 2 aromatic rings. The van der Waals surface area contributed by atoms with Gasteiger partial charge in [-0.05, 0) is 75.7 Å². The lowest BCUT2D eigenvalue weighted by molar-refractivity contribution is -0.135. The Morgan fingerprint density at radius 2 is 1.74 bits per heavy atom. The fourth-order valence-corrected chi connectivity index (χ4v) is 4.02. The van der Waals surface area contributed by atoms with Gasteiger partial charge in [-0.2, -0.15) is 0 Å². The van der Waals surface area contributed by atoms with Crippen molar-refractivity contribution in [3.63, 3.8) is 0 Å². The normalized spacial score (nSPS) is 16.4. The van der Waals surface area contributed by atoms with E-state index in [9.17, 15) is 14.0 Å². The van der Waals surface area contributed by atoms with E-state index in [0.29, 0.717) is 36.8 Å². The number of hydrogen-bond acceptors (Lipinski definition) is 7. The molecule has 1 aliphatic heterocycles. The molecule has 0 spiro atoms. The van der Waals surface area contributed by atoms with Crippen molar-refractivity contribution in [1.29, 1.82) is 0 Å². The fraction of sp³-hybridized carbons (Fsp3) is 0.429. The lowest BCUT2D eigenvalue weighted by atomic mass is 10.1. The summed E-state index contributed by atoms with van der Waals surface area (Å²) >= 11 is 0. The highest BCUT2D eigenvalue weighted by atomic mass is 19.1. The first-order valence-electron chi connectivity index (χ1n) is 13.1. The number of nitrogens with one attached hydrogen (secondary N) is 2. The average Bonchev–Trinajstić information content (AvgIpc) is 3.76. The molecule has 1 atom stereocenters. The minimum atomic E-state index is -0.525. The molecule has 10 heteroatoms. The Bertz CT molecular complexity index is 1020. The number of nitrogens with zero attached hydrogens (tertiary/aromatic N) is 3. The number of hydrazine groups is 1. The van der Waals surface area contributed by atoms with Crippen molar-refractivity contribution < 1.29 is 14.0 Å². The molecule has 9 nitrogen and oxygen atoms in total. The molecule has 2 fully saturated rings. The summed E-state index contributed by atoms with van der Waals surface area (Å²) in [5.41, 5.74) is 6.55. The summed E-state index contributed by atoms with van der Waals surface area (Å²) in [6.45, 7) is 3.95. The number of piperazine rings is 1. The second kappa shape index (κ2) is 15.1. The van der Waals surface area contributed by atoms with Crippen molar-refractivity contribution >= 4 is 17.5 Å². The Hall–Kier alpha value is -3.47. The van der Waals surface area contributed by atoms with Crippen LogP contribution in [0.25, 0.3) is 0 Å². The maximum Gasteiger partial charge on any atom is 0.251 e. The molecule has 1 saturated carbocycles. The number of anilines is 1. The van der Waals surface area contributed by atoms with Gasteiger partial charge in [0.2, 0.25) is 5.91 Å². The molecule has 1 aliphatic carbocycles. The van der Waals surface area contributed by atoms with Crippen molar-refractivity contribution in [1.82, 2.24) is 20.4 Å². The van der Waals surface area contributed by atoms with E-state index in [-0.39, 0.29) is 17.6 Å². The Kier molecular flexibility index (Phi) is 11.5. The van der Waals surface area contributed by atoms with Crippen LogP contribution in [-0.4, -0.2) is 73.5 Å². The summed E-state index contributed by atoms with van der Waals surface area (Å²) in [5.74, 6) is 5.41. The van der Waals surface area contributed by atoms with E-state index >= 15 is 0 Å². The third-order valence-electron chi connectivity index (χ3n) is 6.51. The zero-order chi connectivity index (χ0) is 27.3. The first-order chi connectivity index (χ1) is 18.4. The quantitative estimate of drug-likeness (QED) is 0.213. The summed E-state index contributed by atoms with van der Waals surface area (Å²) in [5, 5.41) is 7.81. The first-order valence-corrected chi connectivity index (χ1v) is 13.1. The minimum Gasteiger partial charge on any atom is -0.403 e. The van der Waals surface area contributed by atoms with Crippen LogP contribution in [0.3, 0.4) is 0 Å². The maximum absolute atomic E-state index is 13.2. The largest absolute Gasteiger partial charge is 0.403 e. The van der Waals surface area contributed by atoms with Crippen LogP contribution >= 0.6 is 0 Å². The topological polar surface area (TPSA) is 120 Å². The number of halogens is 1. The second-order valence-electron chi connectivity index (χ2n) is 9.62. The highest BCUT2D eigenvalue weighted by Gasteiger charge is 2.28. The standard InChI is InChI=1S/C22H35N7O2.C6H5F/c1-27-13-15-28(16-14-27)22(31)20(3-2-11-25-18-6-7-18)26-21(30)17-4-8-19(9-5-17)29(24)12-10-23;7-6-4-2-1-3-5-6/h4-5,8-10,12,18,20,25H,2-3,6-7,11,13-16,23-24H2,1H3,(H,26,30);1-5H/b12-10-;. The molecule has 0 radical (unpaired) electrons. The number of carbonyl (C=O) groups is 2. The number of carbonyl (C=O) groups excluding carboxylic acids is 2. The molecule has 2 aromatic carbocycles. The predicted molar refractivity (Wildman–Crippen MR) is 148 cm³/mol. The van der Waals surface area contributed by atoms with Gasteiger partial charge in [-0.3, -0.25) is 14.6 Å². The van der Waals surface area contributed by atoms with E-state index in [1.165, 1.54) is 42.4 Å². The number of benzene rings is 2. The van der Waals surface area contributed by atoms with Gasteiger partial charge in [0.15, 0.2) is 0 Å². The zero-order valence-electron chi connectivity index (χ0n) is 22.1. The second-order valence-corrected chi connectivity index (χ2v) is 9.62. The number of nitrogens with two attached hydrogens (primary N) is 2. The van der Waals surface area contributed by atoms with Crippen LogP contribution in [0.2, 0.25) is 0 Å². The Labute approximate surface area is 224 Å². The smallest absolute Gasteiger partial charge is 0.251 e. The molecule has 0 aromatic heterocycles. The molecule has 4 rings (SSSR count). The van der Waals surface area contributed by atoms with Gasteiger partial charge in [0.25, 0.3) is 5.91 Å². The molecule has 38 heavy (non-hydrogen) atoms. The maximum atomic E-state index is 13.2. The van der Waals surface area contributed by atoms with Crippen molar-refractivity contribution in [3.05, 3.63) is 78.4 Å². The van der Waals surface area contributed by atoms with Crippen LogP contribution in [0.4, 0.5) is 10.1 Å². The molecular weight excluding hydrogens is 485 g/mol. The summed E-state index contributed by atoms with van der Waals surface area (Å²) in [6.07, 6.45) is 6.79. The van der Waals surface area contributed by atoms with Crippen molar-refractivity contribution in [2.24, 2.45) is 11.6 Å². The molecule has 206 valence electrons. The van der Waals surface area contributed by atoms with Crippen LogP contribution in [0.1, 0.15) is 36.0 Å². The lowest BCUT2D eigenvalue weighted by Gasteiger charge is -2.34. The number of likely N-dealkylation sites (N-methyl/N-ethyl adjacent to an activating group) is 1. The van der Waals surface area contributed by atoms with Gasteiger partial charge in [0, 0.05) is 50.2 Å². The van der Waals surface area contributed by atoms with Gasteiger partial charge in [-0.25, -0.2) is 10.2 Å². The SMILES string of the molecule is CN1CCN(C(=O)C(CCCNC2CC2)NC(=O)c2ccc(N(N)/C=C\N)cc2)CC1.Fc1ccccc1. The molecule has 6 N–H and O–H groups in total. The van der Waals surface area contributed by atoms with Crippen LogP contribution in [0, 0.1) is 5.82 Å². The number of amides is 2. The predicted octanol–water partition coefficient (Wildman–Crippen LogP) is 2.03. The summed E-state index contributed by atoms with van der Waals surface area (Å²) < 4.78 is 11.9. The fourth-order valence-electron chi connectivity index (χ4n) is 4.02. The average molecular weight is 526 g/mol. The Balaban J connectivity index is 0.000000494. The van der Waals surface area contributed by atoms with Crippen LogP contribution in [0.5, 0.6) is 0 Å². The van der Waals surface area contributed by atoms with Crippen LogP contribution in [0.15, 0.2) is 67.0 Å². The number of rotatable bonds is 10. The zero-order valence-corrected chi connectivity index (χ0v) is 22.1. The molecule has 1 heterocycles. The molecular formula is C28H40FN7O2. The highest BCUT2D eigenvalue weighted by Crippen LogP contribution is 2.19. The van der Waals surface area contributed by atoms with E-state index in [1.54, 1.807) is 42.5 Å². The molecule has 2 aliphatic rings. The third kappa shape index (κ3) is 9.77. The molecule has 1 saturated heterocycles. The van der Waals surface area contributed by atoms with Crippen molar-refractivity contribution in [2.45, 2.75) is 37.8 Å². The van der Waals surface area contributed by atoms with E-state index in [1.807, 2.05) is 4.90 Å². The molecule has 1 unspecified atom stereocenters. The van der Waals surface area contributed by atoms with Crippen molar-refractivity contribution in [3.8, 4) is 0 Å². The van der Waals surface area contributed by atoms with Crippen LogP contribution in [-0.2, 0) is 4.79 Å². The van der Waals surface area contributed by atoms with E-state index in [0.717, 1.165) is 26.1 Å². The van der Waals surface area contributed by atoms with E-state index in [4.69, 9.17) is 11.6 Å². The summed E-state index contributed by atoms with van der Waals surface area (Å²) in [4.78, 5) is 30.1. The third-order valence-corrected chi connectivity index (χ3v) is 6.51. The highest BCUT2D eigenvalue weighted by molar-refractivity contribution is 5.97. The van der Waals surface area contributed by atoms with Gasteiger partial charge < -0.3 is 26.2 Å². The molecule has 0 bridgehead atoms. The number of hydrogen-bond donors (Lipinski definition) is 4.